The van der Waals surface area contributed by atoms with E-state index in [1.54, 1.807) is 10.8 Å². The molecule has 4 rings (SSSR count). The Morgan fingerprint density at radius 2 is 1.22 bits per heavy atom. The van der Waals surface area contributed by atoms with Crippen LogP contribution in [0.1, 0.15) is 54.9 Å². The maximum absolute atomic E-state index is 2.48. The molecule has 0 N–H and O–H groups in total. The van der Waals surface area contributed by atoms with Crippen LogP contribution >= 0.6 is 0 Å². The van der Waals surface area contributed by atoms with E-state index in [9.17, 15) is 0 Å². The molecule has 0 atom stereocenters. The van der Waals surface area contributed by atoms with Crippen LogP contribution in [0.25, 0.3) is 0 Å². The molecule has 32 heavy (non-hydrogen) atoms. The topological polar surface area (TPSA) is 0 Å². The van der Waals surface area contributed by atoms with Gasteiger partial charge in [0.15, 0.2) is 8.07 Å². The molecule has 1 aliphatic rings. The van der Waals surface area contributed by atoms with Crippen molar-refractivity contribution in [2.75, 3.05) is 0 Å². The van der Waals surface area contributed by atoms with Crippen LogP contribution in [-0.2, 0) is 0 Å². The molecule has 0 bridgehead atoms. The molecule has 164 valence electrons. The Balaban J connectivity index is 2.15. The zero-order valence-corrected chi connectivity index (χ0v) is 21.3. The van der Waals surface area contributed by atoms with Gasteiger partial charge >= 0.3 is 0 Å². The predicted molar refractivity (Wildman–Crippen MR) is 143 cm³/mol. The van der Waals surface area contributed by atoms with Crippen LogP contribution in [0, 0.1) is 27.7 Å². The largest absolute Gasteiger partial charge is 0.176 e. The van der Waals surface area contributed by atoms with Crippen LogP contribution in [0.3, 0.4) is 0 Å². The molecule has 0 nitrogen and oxygen atoms in total. The molecular weight excluding hydrogens is 400 g/mol. The number of hydrogen-bond donors (Lipinski definition) is 0. The van der Waals surface area contributed by atoms with Crippen LogP contribution in [0.2, 0.25) is 0 Å². The lowest BCUT2D eigenvalue weighted by Gasteiger charge is -2.37. The summed E-state index contributed by atoms with van der Waals surface area (Å²) in [5.41, 5.74) is 7.02. The molecule has 1 aliphatic carbocycles. The molecule has 0 fully saturated rings. The minimum absolute atomic E-state index is 1.07. The highest BCUT2D eigenvalue weighted by Gasteiger charge is 2.44. The summed E-state index contributed by atoms with van der Waals surface area (Å²) in [6.45, 7) is 11.3. The van der Waals surface area contributed by atoms with E-state index in [4.69, 9.17) is 0 Å². The molecule has 3 aromatic carbocycles. The summed E-state index contributed by atoms with van der Waals surface area (Å²) in [5.74, 6) is 0. The summed E-state index contributed by atoms with van der Waals surface area (Å²) in [7, 11) is -2.41. The van der Waals surface area contributed by atoms with Crippen molar-refractivity contribution in [1.29, 1.82) is 0 Å². The van der Waals surface area contributed by atoms with E-state index in [1.807, 2.05) is 0 Å². The molecule has 0 radical (unpaired) electrons. The van der Waals surface area contributed by atoms with Gasteiger partial charge in [0.2, 0.25) is 0 Å². The van der Waals surface area contributed by atoms with Gasteiger partial charge in [-0.25, -0.2) is 0 Å². The van der Waals surface area contributed by atoms with Crippen molar-refractivity contribution in [3.05, 3.63) is 112 Å². The summed E-state index contributed by atoms with van der Waals surface area (Å²) >= 11 is 0. The third-order valence-corrected chi connectivity index (χ3v) is 11.7. The van der Waals surface area contributed by atoms with Crippen molar-refractivity contribution < 1.29 is 0 Å². The van der Waals surface area contributed by atoms with Crippen molar-refractivity contribution in [3.8, 4) is 0 Å². The van der Waals surface area contributed by atoms with Crippen LogP contribution in [-0.4, -0.2) is 8.07 Å². The summed E-state index contributed by atoms with van der Waals surface area (Å²) < 4.78 is 0. The zero-order valence-electron chi connectivity index (χ0n) is 20.3. The lowest BCUT2D eigenvalue weighted by atomic mass is 10.1. The summed E-state index contributed by atoms with van der Waals surface area (Å²) in [6, 6.07) is 26.0. The van der Waals surface area contributed by atoms with Crippen LogP contribution in [0.5, 0.6) is 0 Å². The van der Waals surface area contributed by atoms with Crippen molar-refractivity contribution in [1.82, 2.24) is 0 Å². The number of aryl methyl sites for hydroxylation is 4. The first kappa shape index (κ1) is 22.5. The van der Waals surface area contributed by atoms with Gasteiger partial charge in [-0.3, -0.25) is 0 Å². The molecule has 0 aliphatic heterocycles. The maximum Gasteiger partial charge on any atom is 0.176 e. The summed E-state index contributed by atoms with van der Waals surface area (Å²) in [4.78, 5) is 0. The third-order valence-electron chi connectivity index (χ3n) is 6.80. The Morgan fingerprint density at radius 3 is 1.72 bits per heavy atom. The van der Waals surface area contributed by atoms with E-state index >= 15 is 0 Å². The van der Waals surface area contributed by atoms with Gasteiger partial charge in [-0.2, -0.15) is 0 Å². The van der Waals surface area contributed by atoms with E-state index in [0.29, 0.717) is 0 Å². The number of allylic oxidation sites excluding steroid dienone is 4. The first-order valence-electron chi connectivity index (χ1n) is 12.1. The van der Waals surface area contributed by atoms with Gasteiger partial charge in [0.05, 0.1) is 0 Å². The Kier molecular flexibility index (Phi) is 6.67. The first-order chi connectivity index (χ1) is 15.4. The normalized spacial score (nSPS) is 13.8. The summed E-state index contributed by atoms with van der Waals surface area (Å²) in [6.07, 6.45) is 9.58. The van der Waals surface area contributed by atoms with Gasteiger partial charge < -0.3 is 0 Å². The second kappa shape index (κ2) is 9.46. The Labute approximate surface area is 195 Å². The molecule has 0 unspecified atom stereocenters. The van der Waals surface area contributed by atoms with E-state index in [1.165, 1.54) is 57.1 Å². The number of benzene rings is 3. The minimum atomic E-state index is -2.41. The van der Waals surface area contributed by atoms with Crippen molar-refractivity contribution in [2.45, 2.75) is 60.3 Å². The Hall–Kier alpha value is -2.64. The molecule has 0 amide bonds. The highest BCUT2D eigenvalue weighted by atomic mass is 28.3. The average Bonchev–Trinajstić information content (AvgIpc) is 3.21. The lowest BCUT2D eigenvalue weighted by Crippen LogP contribution is -2.69. The predicted octanol–water partition coefficient (Wildman–Crippen LogP) is 6.38. The average molecular weight is 437 g/mol. The Bertz CT molecular complexity index is 1070. The zero-order chi connectivity index (χ0) is 22.7. The quantitative estimate of drug-likeness (QED) is 0.298. The van der Waals surface area contributed by atoms with Gasteiger partial charge in [-0.15, -0.1) is 0 Å². The van der Waals surface area contributed by atoms with Gasteiger partial charge in [-0.05, 0) is 62.5 Å². The monoisotopic (exact) mass is 436 g/mol. The molecule has 0 saturated heterocycles. The highest BCUT2D eigenvalue weighted by Crippen LogP contribution is 2.32. The number of unbranched alkanes of at least 4 members (excludes halogenated alkanes) is 1. The van der Waals surface area contributed by atoms with Gasteiger partial charge in [0.1, 0.15) is 0 Å². The fraction of sp³-hybridized carbons (Fsp3) is 0.290. The number of rotatable bonds is 7. The molecule has 1 heteroatoms. The highest BCUT2D eigenvalue weighted by molar-refractivity contribution is 7.16. The molecule has 0 saturated carbocycles. The summed E-state index contributed by atoms with van der Waals surface area (Å²) in [5, 5.41) is 6.24. The first-order valence-corrected chi connectivity index (χ1v) is 14.1. The van der Waals surface area contributed by atoms with Gasteiger partial charge in [0, 0.05) is 0 Å². The van der Waals surface area contributed by atoms with E-state index < -0.39 is 8.07 Å². The van der Waals surface area contributed by atoms with Crippen LogP contribution < -0.4 is 15.6 Å². The standard InChI is InChI=1S/C31H36Si/c1-6-7-12-27-13-11-16-31(27)32(28-14-9-8-10-15-28,29-19-23(2)17-24(3)20-29)30-21-25(4)18-26(5)22-30/h8-11,13-15,17-22H,6-7,12,16H2,1-5H3. The second-order valence-corrected chi connectivity index (χ2v) is 13.4. The molecule has 3 aromatic rings. The van der Waals surface area contributed by atoms with Crippen LogP contribution in [0.15, 0.2) is 89.7 Å². The molecule has 0 spiro atoms. The maximum atomic E-state index is 2.48. The Morgan fingerprint density at radius 1 is 0.688 bits per heavy atom. The SMILES string of the molecule is CCCCC1=C([Si](c2ccccc2)(c2cc(C)cc(C)c2)c2cc(C)cc(C)c2)CC=C1. The van der Waals surface area contributed by atoms with Crippen molar-refractivity contribution >= 4 is 23.6 Å². The molecular formula is C31H36Si. The smallest absolute Gasteiger partial charge is 0.0805 e. The van der Waals surface area contributed by atoms with Crippen LogP contribution in [0.4, 0.5) is 0 Å². The fourth-order valence-corrected chi connectivity index (χ4v) is 11.3. The van der Waals surface area contributed by atoms with E-state index in [2.05, 4.69) is 114 Å². The molecule has 0 heterocycles. The fourth-order valence-electron chi connectivity index (χ4n) is 5.64. The number of hydrogen-bond acceptors (Lipinski definition) is 0. The lowest BCUT2D eigenvalue weighted by molar-refractivity contribution is 0.797. The molecule has 0 aromatic heterocycles. The van der Waals surface area contributed by atoms with Gasteiger partial charge in [-0.1, -0.05) is 125 Å². The second-order valence-electron chi connectivity index (χ2n) is 9.58. The van der Waals surface area contributed by atoms with E-state index in [-0.39, 0.29) is 0 Å². The third kappa shape index (κ3) is 4.19. The van der Waals surface area contributed by atoms with E-state index in [0.717, 1.165) is 6.42 Å². The minimum Gasteiger partial charge on any atom is -0.0805 e. The van der Waals surface area contributed by atoms with Gasteiger partial charge in [0.25, 0.3) is 0 Å². The van der Waals surface area contributed by atoms with Crippen molar-refractivity contribution in [3.63, 3.8) is 0 Å². The van der Waals surface area contributed by atoms with Crippen molar-refractivity contribution in [2.24, 2.45) is 0 Å².